The summed E-state index contributed by atoms with van der Waals surface area (Å²) >= 11 is 0. The van der Waals surface area contributed by atoms with Crippen LogP contribution < -0.4 is 0 Å². The number of methoxy groups -OCH3 is 1. The smallest absolute Gasteiger partial charge is 0.184 e. The van der Waals surface area contributed by atoms with Crippen LogP contribution in [0.5, 0.6) is 0 Å². The fraction of sp³-hybridized carbons (Fsp3) is 0.600. The summed E-state index contributed by atoms with van der Waals surface area (Å²) in [6.07, 6.45) is 0.978. The van der Waals surface area contributed by atoms with Gasteiger partial charge < -0.3 is 14.2 Å². The van der Waals surface area contributed by atoms with Crippen LogP contribution in [0.1, 0.15) is 18.9 Å². The van der Waals surface area contributed by atoms with Crippen molar-refractivity contribution in [3.8, 4) is 0 Å². The molecule has 0 amide bonds. The van der Waals surface area contributed by atoms with Crippen LogP contribution in [0.3, 0.4) is 0 Å². The van der Waals surface area contributed by atoms with Crippen LogP contribution in [0.2, 0.25) is 0 Å². The molecule has 0 spiro atoms. The van der Waals surface area contributed by atoms with Gasteiger partial charge in [-0.15, -0.1) is 0 Å². The molecule has 4 atom stereocenters. The minimum Gasteiger partial charge on any atom is -0.368 e. The molecule has 1 aromatic rings. The predicted octanol–water partition coefficient (Wildman–Crippen LogP) is 3.26. The molecule has 0 aromatic heterocycles. The third-order valence-electron chi connectivity index (χ3n) is 3.70. The van der Waals surface area contributed by atoms with E-state index in [4.69, 9.17) is 14.2 Å². The molecule has 1 aromatic carbocycles. The molecule has 4 nitrogen and oxygen atoms in total. The zero-order chi connectivity index (χ0) is 14.4. The molecule has 1 aliphatic heterocycles. The van der Waals surface area contributed by atoms with E-state index in [0.29, 0.717) is 12.8 Å². The van der Waals surface area contributed by atoms with E-state index in [0.717, 1.165) is 12.0 Å². The SMILES string of the molecule is COC1O[C@H](CCP=O)[C@@H](C)[C@H]1OCc1ccccc1. The van der Waals surface area contributed by atoms with Gasteiger partial charge in [0.15, 0.2) is 14.8 Å². The normalized spacial score (nSPS) is 29.9. The van der Waals surface area contributed by atoms with Gasteiger partial charge in [-0.05, 0) is 12.0 Å². The minimum atomic E-state index is -0.345. The highest BCUT2D eigenvalue weighted by Gasteiger charge is 2.42. The largest absolute Gasteiger partial charge is 0.368 e. The lowest BCUT2D eigenvalue weighted by atomic mass is 9.99. The Morgan fingerprint density at radius 1 is 1.30 bits per heavy atom. The fourth-order valence-corrected chi connectivity index (χ4v) is 2.89. The standard InChI is InChI=1S/C15H21O4P/c1-11-13(8-9-20-16)19-15(17-2)14(11)18-10-12-6-4-3-5-7-12/h3-7,11,13-15H,8-10H2,1-2H3/t11-,13-,14-,15?/m1/s1. The Kier molecular flexibility index (Phi) is 6.11. The Balaban J connectivity index is 1.92. The van der Waals surface area contributed by atoms with E-state index in [1.54, 1.807) is 7.11 Å². The molecule has 1 unspecified atom stereocenters. The molecule has 0 aliphatic carbocycles. The first-order valence-electron chi connectivity index (χ1n) is 6.89. The first-order chi connectivity index (χ1) is 9.76. The number of hydrogen-bond donors (Lipinski definition) is 0. The predicted molar refractivity (Wildman–Crippen MR) is 76.9 cm³/mol. The second kappa shape index (κ2) is 7.84. The highest BCUT2D eigenvalue weighted by molar-refractivity contribution is 7.23. The van der Waals surface area contributed by atoms with Gasteiger partial charge in [0.05, 0.1) is 12.7 Å². The van der Waals surface area contributed by atoms with Gasteiger partial charge in [-0.1, -0.05) is 37.3 Å². The quantitative estimate of drug-likeness (QED) is 0.724. The van der Waals surface area contributed by atoms with Crippen LogP contribution in [0, 0.1) is 5.92 Å². The van der Waals surface area contributed by atoms with Gasteiger partial charge in [-0.3, -0.25) is 4.57 Å². The van der Waals surface area contributed by atoms with Crippen molar-refractivity contribution in [2.45, 2.75) is 38.4 Å². The average molecular weight is 296 g/mol. The average Bonchev–Trinajstić information content (AvgIpc) is 2.80. The van der Waals surface area contributed by atoms with Crippen molar-refractivity contribution in [1.82, 2.24) is 0 Å². The van der Waals surface area contributed by atoms with Crippen LogP contribution in [0.4, 0.5) is 0 Å². The second-order valence-electron chi connectivity index (χ2n) is 5.04. The summed E-state index contributed by atoms with van der Waals surface area (Å²) in [6.45, 7) is 2.65. The number of benzene rings is 1. The van der Waals surface area contributed by atoms with E-state index in [-0.39, 0.29) is 32.9 Å². The Morgan fingerprint density at radius 3 is 2.70 bits per heavy atom. The third-order valence-corrected chi connectivity index (χ3v) is 4.15. The van der Waals surface area contributed by atoms with Crippen LogP contribution in [0.15, 0.2) is 30.3 Å². The number of ether oxygens (including phenoxy) is 3. The summed E-state index contributed by atoms with van der Waals surface area (Å²) in [5.41, 5.74) is 1.14. The molecule has 0 N–H and O–H groups in total. The van der Waals surface area contributed by atoms with Gasteiger partial charge in [0.2, 0.25) is 0 Å². The Hall–Kier alpha value is -0.800. The van der Waals surface area contributed by atoms with E-state index in [1.165, 1.54) is 0 Å². The monoisotopic (exact) mass is 296 g/mol. The zero-order valence-electron chi connectivity index (χ0n) is 11.9. The van der Waals surface area contributed by atoms with Gasteiger partial charge in [-0.25, -0.2) is 0 Å². The fourth-order valence-electron chi connectivity index (χ4n) is 2.53. The third kappa shape index (κ3) is 3.86. The maximum atomic E-state index is 10.6. The molecular weight excluding hydrogens is 275 g/mol. The summed E-state index contributed by atoms with van der Waals surface area (Å²) in [6, 6.07) is 10.1. The van der Waals surface area contributed by atoms with E-state index >= 15 is 0 Å². The zero-order valence-corrected chi connectivity index (χ0v) is 12.8. The van der Waals surface area contributed by atoms with Crippen LogP contribution in [-0.4, -0.2) is 31.8 Å². The van der Waals surface area contributed by atoms with Gasteiger partial charge in [0.25, 0.3) is 0 Å². The van der Waals surface area contributed by atoms with Crippen LogP contribution in [0.25, 0.3) is 0 Å². The van der Waals surface area contributed by atoms with E-state index in [9.17, 15) is 4.57 Å². The number of hydrogen-bond acceptors (Lipinski definition) is 4. The maximum Gasteiger partial charge on any atom is 0.184 e. The molecular formula is C15H21O4P. The summed E-state index contributed by atoms with van der Waals surface area (Å²) in [5, 5.41) is 0. The molecule has 20 heavy (non-hydrogen) atoms. The molecule has 1 fully saturated rings. The molecule has 0 radical (unpaired) electrons. The molecule has 0 bridgehead atoms. The van der Waals surface area contributed by atoms with Crippen molar-refractivity contribution in [3.05, 3.63) is 35.9 Å². The summed E-state index contributed by atoms with van der Waals surface area (Å²) in [4.78, 5) is 0. The van der Waals surface area contributed by atoms with E-state index in [2.05, 4.69) is 6.92 Å². The van der Waals surface area contributed by atoms with Crippen molar-refractivity contribution >= 4 is 8.46 Å². The Morgan fingerprint density at radius 2 is 2.05 bits per heavy atom. The molecule has 1 aliphatic rings. The lowest BCUT2D eigenvalue weighted by Gasteiger charge is -2.20. The van der Waals surface area contributed by atoms with Gasteiger partial charge in [0.1, 0.15) is 6.10 Å². The number of rotatable bonds is 7. The highest BCUT2D eigenvalue weighted by atomic mass is 31.1. The van der Waals surface area contributed by atoms with Gasteiger partial charge >= 0.3 is 0 Å². The lowest BCUT2D eigenvalue weighted by Crippen LogP contribution is -2.30. The van der Waals surface area contributed by atoms with Crippen molar-refractivity contribution in [2.75, 3.05) is 13.3 Å². The highest BCUT2D eigenvalue weighted by Crippen LogP contribution is 2.32. The molecule has 0 saturated carbocycles. The summed E-state index contributed by atoms with van der Waals surface area (Å²) < 4.78 is 27.8. The van der Waals surface area contributed by atoms with E-state index in [1.807, 2.05) is 30.3 Å². The van der Waals surface area contributed by atoms with E-state index < -0.39 is 0 Å². The first kappa shape index (κ1) is 15.6. The van der Waals surface area contributed by atoms with Crippen molar-refractivity contribution in [1.29, 1.82) is 0 Å². The molecule has 2 rings (SSSR count). The molecule has 1 saturated heterocycles. The van der Waals surface area contributed by atoms with Crippen LogP contribution in [-0.2, 0) is 25.4 Å². The van der Waals surface area contributed by atoms with Crippen molar-refractivity contribution in [2.24, 2.45) is 5.92 Å². The van der Waals surface area contributed by atoms with Gasteiger partial charge in [0, 0.05) is 19.2 Å². The maximum absolute atomic E-state index is 10.6. The lowest BCUT2D eigenvalue weighted by molar-refractivity contribution is -0.164. The summed E-state index contributed by atoms with van der Waals surface area (Å²) in [5.74, 6) is 0.227. The minimum absolute atomic E-state index is 0.0437. The Bertz CT molecular complexity index is 412. The topological polar surface area (TPSA) is 44.8 Å². The van der Waals surface area contributed by atoms with Crippen molar-refractivity contribution < 1.29 is 18.8 Å². The Labute approximate surface area is 121 Å². The summed E-state index contributed by atoms with van der Waals surface area (Å²) in [7, 11) is 1.79. The molecule has 1 heterocycles. The molecule has 5 heteroatoms. The second-order valence-corrected chi connectivity index (χ2v) is 5.75. The van der Waals surface area contributed by atoms with Gasteiger partial charge in [-0.2, -0.15) is 0 Å². The van der Waals surface area contributed by atoms with Crippen molar-refractivity contribution in [3.63, 3.8) is 0 Å². The molecule has 110 valence electrons. The van der Waals surface area contributed by atoms with Crippen LogP contribution >= 0.6 is 8.46 Å². The first-order valence-corrected chi connectivity index (χ1v) is 7.89.